The zero-order chi connectivity index (χ0) is 24.8. The largest absolute Gasteiger partial charge is 0.497 e. The van der Waals surface area contributed by atoms with E-state index in [0.29, 0.717) is 36.9 Å². The fourth-order valence-electron chi connectivity index (χ4n) is 5.08. The van der Waals surface area contributed by atoms with Crippen molar-refractivity contribution < 1.29 is 19.0 Å². The Balaban J connectivity index is 1.37. The highest BCUT2D eigenvalue weighted by atomic mass is 16.5. The zero-order valence-corrected chi connectivity index (χ0v) is 20.6. The van der Waals surface area contributed by atoms with Gasteiger partial charge in [-0.25, -0.2) is 0 Å². The van der Waals surface area contributed by atoms with Gasteiger partial charge in [-0.05, 0) is 61.4 Å². The smallest absolute Gasteiger partial charge is 0.232 e. The first-order valence-corrected chi connectivity index (χ1v) is 12.1. The highest BCUT2D eigenvalue weighted by Crippen LogP contribution is 2.44. The van der Waals surface area contributed by atoms with Gasteiger partial charge in [0, 0.05) is 54.7 Å². The normalized spacial score (nSPS) is 16.1. The molecule has 0 radical (unpaired) electrons. The number of ketones is 1. The van der Waals surface area contributed by atoms with Crippen LogP contribution < -0.4 is 14.2 Å². The molecule has 4 heterocycles. The summed E-state index contributed by atoms with van der Waals surface area (Å²) in [5, 5.41) is 1.01. The van der Waals surface area contributed by atoms with Crippen LogP contribution in [-0.2, 0) is 19.6 Å². The molecule has 2 aliphatic heterocycles. The molecule has 7 heteroatoms. The van der Waals surface area contributed by atoms with Crippen LogP contribution in [0.4, 0.5) is 0 Å². The van der Waals surface area contributed by atoms with Gasteiger partial charge < -0.3 is 18.8 Å². The lowest BCUT2D eigenvalue weighted by Gasteiger charge is -2.30. The molecule has 182 valence electrons. The maximum atomic E-state index is 13.5. The predicted molar refractivity (Wildman–Crippen MR) is 137 cm³/mol. The molecule has 0 saturated heterocycles. The Kier molecular flexibility index (Phi) is 5.49. The number of carbonyl (C=O) groups is 1. The number of fused-ring (bicyclic) bond motifs is 4. The molecule has 0 unspecified atom stereocenters. The van der Waals surface area contributed by atoms with Crippen LogP contribution in [0.5, 0.6) is 17.2 Å². The molecule has 2 aromatic carbocycles. The minimum Gasteiger partial charge on any atom is -0.497 e. The number of rotatable bonds is 5. The average Bonchev–Trinajstić information content (AvgIpc) is 3.42. The van der Waals surface area contributed by atoms with Gasteiger partial charge in [0.1, 0.15) is 24.0 Å². The molecule has 0 N–H and O–H groups in total. The molecule has 0 amide bonds. The molecule has 0 aliphatic carbocycles. The number of hydrogen-bond acceptors (Lipinski definition) is 6. The highest BCUT2D eigenvalue weighted by molar-refractivity contribution is 6.16. The first-order chi connectivity index (χ1) is 17.6. The lowest BCUT2D eigenvalue weighted by atomic mass is 9.98. The van der Waals surface area contributed by atoms with E-state index in [1.54, 1.807) is 13.3 Å². The van der Waals surface area contributed by atoms with Crippen LogP contribution >= 0.6 is 0 Å². The van der Waals surface area contributed by atoms with E-state index in [4.69, 9.17) is 14.2 Å². The Hall–Kier alpha value is -4.10. The van der Waals surface area contributed by atoms with Gasteiger partial charge in [-0.2, -0.15) is 0 Å². The predicted octanol–water partition coefficient (Wildman–Crippen LogP) is 5.34. The van der Waals surface area contributed by atoms with Gasteiger partial charge in [0.05, 0.1) is 18.2 Å². The zero-order valence-electron chi connectivity index (χ0n) is 20.6. The van der Waals surface area contributed by atoms with Crippen LogP contribution in [0.3, 0.4) is 0 Å². The molecule has 0 atom stereocenters. The molecule has 7 nitrogen and oxygen atoms in total. The highest BCUT2D eigenvalue weighted by Gasteiger charge is 2.35. The fourth-order valence-corrected chi connectivity index (χ4v) is 5.08. The minimum absolute atomic E-state index is 0.102. The lowest BCUT2D eigenvalue weighted by Crippen LogP contribution is -2.31. The van der Waals surface area contributed by atoms with E-state index in [1.165, 1.54) is 0 Å². The number of pyridine rings is 1. The van der Waals surface area contributed by atoms with E-state index >= 15 is 0 Å². The van der Waals surface area contributed by atoms with Gasteiger partial charge in [0.15, 0.2) is 5.76 Å². The number of carbonyl (C=O) groups excluding carboxylic acids is 1. The van der Waals surface area contributed by atoms with Crippen molar-refractivity contribution in [1.82, 2.24) is 14.5 Å². The number of allylic oxidation sites excluding steroid dienone is 1. The van der Waals surface area contributed by atoms with Gasteiger partial charge >= 0.3 is 0 Å². The molecule has 0 fully saturated rings. The van der Waals surface area contributed by atoms with Crippen molar-refractivity contribution in [3.63, 3.8) is 0 Å². The van der Waals surface area contributed by atoms with Gasteiger partial charge in [-0.3, -0.25) is 14.7 Å². The maximum Gasteiger partial charge on any atom is 0.232 e. The fraction of sp³-hybridized carbons (Fsp3) is 0.241. The number of methoxy groups -OCH3 is 1. The van der Waals surface area contributed by atoms with Crippen LogP contribution in [0, 0.1) is 6.92 Å². The number of hydrogen-bond donors (Lipinski definition) is 0. The van der Waals surface area contributed by atoms with Crippen molar-refractivity contribution in [3.05, 3.63) is 88.6 Å². The molecular weight excluding hydrogens is 454 g/mol. The molecular formula is C29H27N3O4. The Morgan fingerprint density at radius 1 is 1.22 bits per heavy atom. The summed E-state index contributed by atoms with van der Waals surface area (Å²) >= 11 is 0. The van der Waals surface area contributed by atoms with Crippen molar-refractivity contribution in [3.8, 4) is 17.2 Å². The lowest BCUT2D eigenvalue weighted by molar-refractivity contribution is 0.0871. The Morgan fingerprint density at radius 3 is 2.89 bits per heavy atom. The third kappa shape index (κ3) is 3.72. The SMILES string of the molecule is CCn1cc(/C=C2\Oc3c4c(cc(C)c3C2=O)OCN(Cc2cccnc2)C4)c2cc(OC)ccc21. The number of ether oxygens (including phenoxy) is 3. The topological polar surface area (TPSA) is 65.8 Å². The summed E-state index contributed by atoms with van der Waals surface area (Å²) in [5.74, 6) is 2.37. The Bertz CT molecular complexity index is 1520. The summed E-state index contributed by atoms with van der Waals surface area (Å²) < 4.78 is 20.0. The summed E-state index contributed by atoms with van der Waals surface area (Å²) in [7, 11) is 1.65. The monoisotopic (exact) mass is 481 g/mol. The summed E-state index contributed by atoms with van der Waals surface area (Å²) in [4.78, 5) is 19.9. The molecule has 36 heavy (non-hydrogen) atoms. The summed E-state index contributed by atoms with van der Waals surface area (Å²) in [6.45, 7) is 6.64. The van der Waals surface area contributed by atoms with Crippen molar-refractivity contribution in [2.24, 2.45) is 0 Å². The van der Waals surface area contributed by atoms with E-state index in [1.807, 2.05) is 55.6 Å². The average molecular weight is 482 g/mol. The van der Waals surface area contributed by atoms with Crippen molar-refractivity contribution in [2.75, 3.05) is 13.8 Å². The van der Waals surface area contributed by atoms with E-state index < -0.39 is 0 Å². The molecule has 2 aliphatic rings. The number of Topliss-reactive ketones (excluding diaryl/α,β-unsaturated/α-hetero) is 1. The van der Waals surface area contributed by atoms with Crippen molar-refractivity contribution in [1.29, 1.82) is 0 Å². The van der Waals surface area contributed by atoms with E-state index in [-0.39, 0.29) is 5.78 Å². The Morgan fingerprint density at radius 2 is 2.11 bits per heavy atom. The molecule has 0 spiro atoms. The minimum atomic E-state index is -0.102. The molecule has 0 bridgehead atoms. The van der Waals surface area contributed by atoms with Crippen molar-refractivity contribution in [2.45, 2.75) is 33.5 Å². The second-order valence-electron chi connectivity index (χ2n) is 9.19. The number of aromatic nitrogens is 2. The second kappa shape index (κ2) is 8.84. The van der Waals surface area contributed by atoms with Crippen LogP contribution in [0.15, 0.2) is 60.7 Å². The van der Waals surface area contributed by atoms with Crippen LogP contribution in [0.1, 0.15) is 39.5 Å². The molecule has 0 saturated carbocycles. The van der Waals surface area contributed by atoms with E-state index in [2.05, 4.69) is 27.6 Å². The quantitative estimate of drug-likeness (QED) is 0.359. The number of nitrogens with zero attached hydrogens (tertiary/aromatic N) is 3. The van der Waals surface area contributed by atoms with Gasteiger partial charge in [0.25, 0.3) is 0 Å². The van der Waals surface area contributed by atoms with Gasteiger partial charge in [-0.15, -0.1) is 0 Å². The Labute approximate surface area is 209 Å². The third-order valence-corrected chi connectivity index (χ3v) is 6.86. The van der Waals surface area contributed by atoms with Crippen LogP contribution in [0.25, 0.3) is 17.0 Å². The van der Waals surface area contributed by atoms with Gasteiger partial charge in [-0.1, -0.05) is 6.07 Å². The summed E-state index contributed by atoms with van der Waals surface area (Å²) in [6.07, 6.45) is 7.52. The number of benzene rings is 2. The molecule has 2 aromatic heterocycles. The van der Waals surface area contributed by atoms with E-state index in [9.17, 15) is 4.79 Å². The number of aryl methyl sites for hydroxylation is 2. The first kappa shape index (κ1) is 22.4. The van der Waals surface area contributed by atoms with Gasteiger partial charge in [0.2, 0.25) is 5.78 Å². The van der Waals surface area contributed by atoms with E-state index in [0.717, 1.165) is 51.2 Å². The second-order valence-corrected chi connectivity index (χ2v) is 9.19. The summed E-state index contributed by atoms with van der Waals surface area (Å²) in [6, 6.07) is 11.9. The molecule has 4 aromatic rings. The standard InChI is InChI=1S/C29H27N3O4/c1-4-32-15-20(22-12-21(34-3)7-8-24(22)32)11-26-28(33)27-18(2)10-25-23(29(27)36-26)16-31(17-35-25)14-19-6-5-9-30-13-19/h5-13,15H,4,14,16-17H2,1-3H3/b26-11-. The van der Waals surface area contributed by atoms with Crippen molar-refractivity contribution >= 4 is 22.8 Å². The third-order valence-electron chi connectivity index (χ3n) is 6.86. The summed E-state index contributed by atoms with van der Waals surface area (Å²) in [5.41, 5.74) is 5.48. The molecule has 6 rings (SSSR count). The first-order valence-electron chi connectivity index (χ1n) is 12.1. The maximum absolute atomic E-state index is 13.5. The van der Waals surface area contributed by atoms with Crippen LogP contribution in [-0.4, -0.2) is 34.1 Å². The van der Waals surface area contributed by atoms with Crippen LogP contribution in [0.2, 0.25) is 0 Å².